The van der Waals surface area contributed by atoms with Gasteiger partial charge in [-0.2, -0.15) is 0 Å². The zero-order valence-corrected chi connectivity index (χ0v) is 20.4. The van der Waals surface area contributed by atoms with Crippen LogP contribution in [-0.2, 0) is 32.9 Å². The first-order valence-corrected chi connectivity index (χ1v) is 11.9. The molecular formula is C27H24FN5O5. The number of hydrogen-bond acceptors (Lipinski definition) is 6. The minimum Gasteiger partial charge on any atom is -0.427 e. The lowest BCUT2D eigenvalue weighted by molar-refractivity contribution is -0.139. The minimum atomic E-state index is -1.52. The molecule has 1 saturated heterocycles. The first-order chi connectivity index (χ1) is 18.3. The highest BCUT2D eigenvalue weighted by Crippen LogP contribution is 2.46. The molecule has 38 heavy (non-hydrogen) atoms. The van der Waals surface area contributed by atoms with Crippen molar-refractivity contribution in [3.05, 3.63) is 89.5 Å². The highest BCUT2D eigenvalue weighted by atomic mass is 19.1. The van der Waals surface area contributed by atoms with Gasteiger partial charge in [-0.3, -0.25) is 14.6 Å². The van der Waals surface area contributed by atoms with Crippen LogP contribution >= 0.6 is 0 Å². The number of carbonyl (C=O) groups is 4. The van der Waals surface area contributed by atoms with Gasteiger partial charge in [0.15, 0.2) is 0 Å². The Balaban J connectivity index is 1.38. The minimum absolute atomic E-state index is 0.0803. The van der Waals surface area contributed by atoms with Crippen LogP contribution in [0.4, 0.5) is 25.4 Å². The third-order valence-corrected chi connectivity index (χ3v) is 6.65. The molecule has 2 N–H and O–H groups in total. The fraction of sp³-hybridized carbons (Fsp3) is 0.222. The summed E-state index contributed by atoms with van der Waals surface area (Å²) in [5, 5.41) is 5.15. The molecule has 3 aromatic rings. The predicted octanol–water partition coefficient (Wildman–Crippen LogP) is 3.33. The molecule has 194 valence electrons. The molecule has 0 bridgehead atoms. The molecule has 2 aliphatic rings. The first-order valence-electron chi connectivity index (χ1n) is 11.9. The van der Waals surface area contributed by atoms with Crippen LogP contribution in [0.5, 0.6) is 0 Å². The van der Waals surface area contributed by atoms with Gasteiger partial charge >= 0.3 is 12.1 Å². The van der Waals surface area contributed by atoms with Crippen molar-refractivity contribution in [3.63, 3.8) is 0 Å². The van der Waals surface area contributed by atoms with Gasteiger partial charge in [0.1, 0.15) is 12.4 Å². The Morgan fingerprint density at radius 3 is 2.66 bits per heavy atom. The molecule has 1 aliphatic heterocycles. The number of anilines is 2. The Labute approximate surface area is 217 Å². The summed E-state index contributed by atoms with van der Waals surface area (Å²) in [6.07, 6.45) is 2.82. The van der Waals surface area contributed by atoms with Crippen LogP contribution in [0, 0.1) is 5.82 Å². The van der Waals surface area contributed by atoms with E-state index in [-0.39, 0.29) is 19.0 Å². The van der Waals surface area contributed by atoms with Gasteiger partial charge in [0.25, 0.3) is 5.91 Å². The summed E-state index contributed by atoms with van der Waals surface area (Å²) in [7, 11) is 1.50. The summed E-state index contributed by atoms with van der Waals surface area (Å²) in [5.74, 6) is -1.56. The lowest BCUT2D eigenvalue weighted by Crippen LogP contribution is -2.44. The van der Waals surface area contributed by atoms with E-state index in [9.17, 15) is 23.6 Å². The van der Waals surface area contributed by atoms with Crippen molar-refractivity contribution in [2.24, 2.45) is 0 Å². The number of hydrogen-bond donors (Lipinski definition) is 2. The van der Waals surface area contributed by atoms with Crippen LogP contribution in [0.2, 0.25) is 0 Å². The number of pyridine rings is 1. The smallest absolute Gasteiger partial charge is 0.418 e. The zero-order chi connectivity index (χ0) is 26.9. The molecule has 1 aliphatic carbocycles. The maximum Gasteiger partial charge on any atom is 0.418 e. The van der Waals surface area contributed by atoms with E-state index in [1.165, 1.54) is 30.3 Å². The van der Waals surface area contributed by atoms with Crippen molar-refractivity contribution in [3.8, 4) is 0 Å². The lowest BCUT2D eigenvalue weighted by atomic mass is 9.94. The molecule has 1 spiro atoms. The first kappa shape index (κ1) is 24.9. The van der Waals surface area contributed by atoms with E-state index in [4.69, 9.17) is 4.74 Å². The van der Waals surface area contributed by atoms with E-state index < -0.39 is 35.9 Å². The number of imide groups is 1. The van der Waals surface area contributed by atoms with E-state index in [2.05, 4.69) is 15.6 Å². The van der Waals surface area contributed by atoms with Gasteiger partial charge in [-0.1, -0.05) is 18.2 Å². The third-order valence-electron chi connectivity index (χ3n) is 6.65. The van der Waals surface area contributed by atoms with Gasteiger partial charge < -0.3 is 20.3 Å². The van der Waals surface area contributed by atoms with Crippen molar-refractivity contribution in [2.75, 3.05) is 23.8 Å². The van der Waals surface area contributed by atoms with Crippen LogP contribution in [0.1, 0.15) is 23.1 Å². The van der Waals surface area contributed by atoms with Crippen molar-refractivity contribution in [1.82, 2.24) is 15.2 Å². The summed E-state index contributed by atoms with van der Waals surface area (Å²) in [6, 6.07) is 13.7. The standard InChI is InChI=1S/C27H24FN5O5/c1-29-25(36)31-20-8-9-22-18(13-20)10-11-27(22)24(35)33(26(37)38-27)16-23(34)32(21-3-2-12-30-14-21)15-17-4-6-19(28)7-5-17/h2-9,12-14H,10-11,15-16H2,1H3,(H2,29,31,36)/t27-/m1/s1. The molecule has 0 saturated carbocycles. The quantitative estimate of drug-likeness (QED) is 0.518. The number of urea groups is 1. The number of nitrogens with zero attached hydrogens (tertiary/aromatic N) is 3. The molecule has 2 aromatic carbocycles. The number of halogens is 1. The van der Waals surface area contributed by atoms with E-state index in [0.717, 1.165) is 10.5 Å². The van der Waals surface area contributed by atoms with Crippen molar-refractivity contribution in [1.29, 1.82) is 0 Å². The summed E-state index contributed by atoms with van der Waals surface area (Å²) < 4.78 is 19.0. The number of rotatable bonds is 6. The largest absolute Gasteiger partial charge is 0.427 e. The molecule has 11 heteroatoms. The lowest BCUT2D eigenvalue weighted by Gasteiger charge is -2.25. The van der Waals surface area contributed by atoms with E-state index in [1.54, 1.807) is 48.7 Å². The normalized spacial score (nSPS) is 17.8. The fourth-order valence-electron chi connectivity index (χ4n) is 4.75. The number of amides is 5. The molecule has 1 aromatic heterocycles. The van der Waals surface area contributed by atoms with Gasteiger partial charge in [0.05, 0.1) is 18.4 Å². The molecule has 0 unspecified atom stereocenters. The van der Waals surface area contributed by atoms with Crippen LogP contribution in [0.15, 0.2) is 67.0 Å². The second-order valence-electron chi connectivity index (χ2n) is 8.98. The summed E-state index contributed by atoms with van der Waals surface area (Å²) in [5.41, 5.74) is 1.43. The van der Waals surface area contributed by atoms with Crippen molar-refractivity contribution < 1.29 is 28.3 Å². The molecule has 1 atom stereocenters. The molecule has 0 radical (unpaired) electrons. The van der Waals surface area contributed by atoms with Gasteiger partial charge in [-0.15, -0.1) is 0 Å². The Morgan fingerprint density at radius 2 is 1.95 bits per heavy atom. The van der Waals surface area contributed by atoms with Gasteiger partial charge in [-0.25, -0.2) is 18.9 Å². The van der Waals surface area contributed by atoms with Gasteiger partial charge in [-0.05, 0) is 53.9 Å². The average Bonchev–Trinajstić information content (AvgIpc) is 3.40. The second kappa shape index (κ2) is 9.92. The van der Waals surface area contributed by atoms with Crippen LogP contribution < -0.4 is 15.5 Å². The molecule has 10 nitrogen and oxygen atoms in total. The fourth-order valence-corrected chi connectivity index (χ4v) is 4.75. The summed E-state index contributed by atoms with van der Waals surface area (Å²) in [4.78, 5) is 57.8. The van der Waals surface area contributed by atoms with E-state index >= 15 is 0 Å². The van der Waals surface area contributed by atoms with Crippen LogP contribution in [0.25, 0.3) is 0 Å². The summed E-state index contributed by atoms with van der Waals surface area (Å²) >= 11 is 0. The number of ether oxygens (including phenoxy) is 1. The Kier molecular flexibility index (Phi) is 6.50. The zero-order valence-electron chi connectivity index (χ0n) is 20.4. The number of carbonyl (C=O) groups excluding carboxylic acids is 4. The average molecular weight is 518 g/mol. The topological polar surface area (TPSA) is 121 Å². The molecule has 5 amide bonds. The monoisotopic (exact) mass is 517 g/mol. The highest BCUT2D eigenvalue weighted by molar-refractivity contribution is 6.08. The maximum atomic E-state index is 13.6. The van der Waals surface area contributed by atoms with Gasteiger partial charge in [0, 0.05) is 30.9 Å². The Bertz CT molecular complexity index is 1420. The third kappa shape index (κ3) is 4.54. The number of fused-ring (bicyclic) bond motifs is 2. The Morgan fingerprint density at radius 1 is 1.16 bits per heavy atom. The predicted molar refractivity (Wildman–Crippen MR) is 135 cm³/mol. The Hall–Kier alpha value is -4.80. The molecular weight excluding hydrogens is 493 g/mol. The number of aryl methyl sites for hydroxylation is 1. The number of benzene rings is 2. The molecule has 1 fully saturated rings. The van der Waals surface area contributed by atoms with Crippen LogP contribution in [-0.4, -0.2) is 47.4 Å². The van der Waals surface area contributed by atoms with Crippen molar-refractivity contribution >= 4 is 35.3 Å². The van der Waals surface area contributed by atoms with Crippen molar-refractivity contribution in [2.45, 2.75) is 25.0 Å². The molecule has 2 heterocycles. The van der Waals surface area contributed by atoms with E-state index in [1.807, 2.05) is 0 Å². The summed E-state index contributed by atoms with van der Waals surface area (Å²) in [6.45, 7) is -0.460. The maximum absolute atomic E-state index is 13.6. The van der Waals surface area contributed by atoms with Crippen LogP contribution in [0.3, 0.4) is 0 Å². The van der Waals surface area contributed by atoms with E-state index in [0.29, 0.717) is 28.9 Å². The number of nitrogens with one attached hydrogen (secondary N) is 2. The van der Waals surface area contributed by atoms with Gasteiger partial charge in [0.2, 0.25) is 11.5 Å². The number of aromatic nitrogens is 1. The SMILES string of the molecule is CNC(=O)Nc1ccc2c(c1)CC[C@@]21OC(=O)N(CC(=O)N(Cc2ccc(F)cc2)c2cccnc2)C1=O. The molecule has 5 rings (SSSR count). The highest BCUT2D eigenvalue weighted by Gasteiger charge is 2.58. The second-order valence-corrected chi connectivity index (χ2v) is 8.98.